The van der Waals surface area contributed by atoms with Gasteiger partial charge in [-0.15, -0.1) is 0 Å². The van der Waals surface area contributed by atoms with Crippen molar-refractivity contribution in [3.8, 4) is 0 Å². The van der Waals surface area contributed by atoms with E-state index in [1.165, 1.54) is 0 Å². The highest BCUT2D eigenvalue weighted by molar-refractivity contribution is 5.97. The summed E-state index contributed by atoms with van der Waals surface area (Å²) in [6, 6.07) is 7.37. The number of benzene rings is 1. The van der Waals surface area contributed by atoms with Crippen LogP contribution in [0.2, 0.25) is 0 Å². The minimum atomic E-state index is -0.224. The van der Waals surface area contributed by atoms with Crippen LogP contribution < -0.4 is 10.4 Å². The van der Waals surface area contributed by atoms with E-state index in [4.69, 9.17) is 4.84 Å². The van der Waals surface area contributed by atoms with Gasteiger partial charge in [-0.3, -0.25) is 14.6 Å². The van der Waals surface area contributed by atoms with Crippen molar-refractivity contribution in [2.45, 2.75) is 47.0 Å². The number of carbonyl (C=O) groups is 1. The molecule has 0 aliphatic rings. The zero-order valence-electron chi connectivity index (χ0n) is 15.8. The molecule has 0 spiro atoms. The number of hydroxylamine groups is 1. The monoisotopic (exact) mass is 333 g/mol. The molecule has 0 radical (unpaired) electrons. The number of carbonyl (C=O) groups excluding carboxylic acids is 1. The summed E-state index contributed by atoms with van der Waals surface area (Å²) in [6.45, 7) is 9.08. The van der Waals surface area contributed by atoms with Gasteiger partial charge in [0.1, 0.15) is 0 Å². The van der Waals surface area contributed by atoms with Crippen LogP contribution in [0.4, 0.5) is 5.69 Å². The molecule has 1 aromatic carbocycles. The molecule has 24 heavy (non-hydrogen) atoms. The molecule has 1 rings (SSSR count). The van der Waals surface area contributed by atoms with Crippen molar-refractivity contribution in [2.75, 3.05) is 25.6 Å². The first kappa shape index (κ1) is 20.2. The van der Waals surface area contributed by atoms with E-state index in [2.05, 4.69) is 31.2 Å². The molecule has 0 unspecified atom stereocenters. The highest BCUT2D eigenvalue weighted by Crippen LogP contribution is 2.26. The summed E-state index contributed by atoms with van der Waals surface area (Å²) in [4.78, 5) is 23.5. The van der Waals surface area contributed by atoms with Crippen LogP contribution in [-0.2, 0) is 4.84 Å². The summed E-state index contributed by atoms with van der Waals surface area (Å²) in [5.41, 5.74) is 4.32. The lowest BCUT2D eigenvalue weighted by Crippen LogP contribution is -2.26. The van der Waals surface area contributed by atoms with Gasteiger partial charge in [-0.1, -0.05) is 27.2 Å². The lowest BCUT2D eigenvalue weighted by Gasteiger charge is -2.23. The molecule has 0 heterocycles. The van der Waals surface area contributed by atoms with Crippen molar-refractivity contribution in [1.82, 2.24) is 5.48 Å². The van der Waals surface area contributed by atoms with Gasteiger partial charge >= 0.3 is 0 Å². The molecule has 1 N–H and O–H groups in total. The van der Waals surface area contributed by atoms with E-state index in [0.717, 1.165) is 30.8 Å². The summed E-state index contributed by atoms with van der Waals surface area (Å²) in [7, 11) is 3.70. The molecule has 1 aromatic rings. The van der Waals surface area contributed by atoms with Crippen molar-refractivity contribution in [3.05, 3.63) is 29.8 Å². The first-order valence-electron chi connectivity index (χ1n) is 8.50. The number of amidine groups is 1. The van der Waals surface area contributed by atoms with Crippen molar-refractivity contribution < 1.29 is 9.63 Å². The molecule has 5 heteroatoms. The summed E-state index contributed by atoms with van der Waals surface area (Å²) >= 11 is 0. The highest BCUT2D eigenvalue weighted by atomic mass is 16.6. The first-order chi connectivity index (χ1) is 11.3. The molecule has 0 saturated carbocycles. The van der Waals surface area contributed by atoms with E-state index in [0.29, 0.717) is 12.2 Å². The molecule has 0 aliphatic heterocycles. The number of nitrogens with zero attached hydrogens (tertiary/aromatic N) is 2. The van der Waals surface area contributed by atoms with Crippen LogP contribution in [0.25, 0.3) is 0 Å². The largest absolute Gasteiger partial charge is 0.334 e. The van der Waals surface area contributed by atoms with Gasteiger partial charge in [0, 0.05) is 25.3 Å². The molecule has 5 nitrogen and oxygen atoms in total. The maximum absolute atomic E-state index is 12.1. The van der Waals surface area contributed by atoms with Crippen molar-refractivity contribution in [1.29, 1.82) is 0 Å². The SMILES string of the molecule is CCCC(C)(C)CCONC(=O)c1ccc(N(C)C(C)=NC)cc1. The van der Waals surface area contributed by atoms with Gasteiger partial charge in [-0.2, -0.15) is 0 Å². The summed E-state index contributed by atoms with van der Waals surface area (Å²) in [6.07, 6.45) is 3.22. The molecular formula is C19H31N3O2. The number of aliphatic imine (C=N–C) groups is 1. The van der Waals surface area contributed by atoms with Crippen LogP contribution in [0.3, 0.4) is 0 Å². The van der Waals surface area contributed by atoms with Crippen LogP contribution in [0.1, 0.15) is 57.3 Å². The predicted octanol–water partition coefficient (Wildman–Crippen LogP) is 4.05. The normalized spacial score (nSPS) is 12.2. The minimum Gasteiger partial charge on any atom is -0.334 e. The van der Waals surface area contributed by atoms with E-state index < -0.39 is 0 Å². The number of rotatable bonds is 8. The van der Waals surface area contributed by atoms with Crippen LogP contribution in [0.5, 0.6) is 0 Å². The fraction of sp³-hybridized carbons (Fsp3) is 0.579. The molecule has 0 aliphatic carbocycles. The zero-order chi connectivity index (χ0) is 18.2. The average molecular weight is 333 g/mol. The summed E-state index contributed by atoms with van der Waals surface area (Å²) < 4.78 is 0. The molecule has 1 amide bonds. The second-order valence-electron chi connectivity index (χ2n) is 6.82. The third-order valence-corrected chi connectivity index (χ3v) is 4.30. The Kier molecular flexibility index (Phi) is 7.92. The Labute approximate surface area is 146 Å². The number of anilines is 1. The summed E-state index contributed by atoms with van der Waals surface area (Å²) in [5, 5.41) is 0. The Morgan fingerprint density at radius 3 is 2.42 bits per heavy atom. The quantitative estimate of drug-likeness (QED) is 0.338. The second kappa shape index (κ2) is 9.42. The lowest BCUT2D eigenvalue weighted by molar-refractivity contribution is 0.0199. The molecular weight excluding hydrogens is 302 g/mol. The third kappa shape index (κ3) is 6.32. The van der Waals surface area contributed by atoms with Gasteiger partial charge in [-0.25, -0.2) is 5.48 Å². The third-order valence-electron chi connectivity index (χ3n) is 4.30. The fourth-order valence-electron chi connectivity index (χ4n) is 2.48. The molecule has 0 fully saturated rings. The maximum atomic E-state index is 12.1. The number of hydrogen-bond donors (Lipinski definition) is 1. The van der Waals surface area contributed by atoms with E-state index in [-0.39, 0.29) is 11.3 Å². The predicted molar refractivity (Wildman–Crippen MR) is 101 cm³/mol. The van der Waals surface area contributed by atoms with Gasteiger partial charge in [0.15, 0.2) is 0 Å². The highest BCUT2D eigenvalue weighted by Gasteiger charge is 2.16. The Morgan fingerprint density at radius 2 is 1.88 bits per heavy atom. The van der Waals surface area contributed by atoms with E-state index in [1.807, 2.05) is 31.0 Å². The van der Waals surface area contributed by atoms with Crippen LogP contribution in [0, 0.1) is 5.41 Å². The topological polar surface area (TPSA) is 53.9 Å². The van der Waals surface area contributed by atoms with Gasteiger partial charge in [0.25, 0.3) is 5.91 Å². The van der Waals surface area contributed by atoms with E-state index >= 15 is 0 Å². The van der Waals surface area contributed by atoms with Gasteiger partial charge in [-0.05, 0) is 49.4 Å². The zero-order valence-corrected chi connectivity index (χ0v) is 15.8. The Bertz CT molecular complexity index is 550. The minimum absolute atomic E-state index is 0.224. The second-order valence-corrected chi connectivity index (χ2v) is 6.82. The molecule has 0 saturated heterocycles. The van der Waals surface area contributed by atoms with Crippen molar-refractivity contribution >= 4 is 17.4 Å². The lowest BCUT2D eigenvalue weighted by atomic mass is 9.85. The number of hydrogen-bond acceptors (Lipinski definition) is 3. The van der Waals surface area contributed by atoms with Crippen molar-refractivity contribution in [2.24, 2.45) is 10.4 Å². The molecule has 134 valence electrons. The molecule has 0 bridgehead atoms. The number of nitrogens with one attached hydrogen (secondary N) is 1. The first-order valence-corrected chi connectivity index (χ1v) is 8.50. The van der Waals surface area contributed by atoms with Gasteiger partial charge < -0.3 is 4.90 Å². The average Bonchev–Trinajstić information content (AvgIpc) is 2.57. The van der Waals surface area contributed by atoms with Crippen LogP contribution >= 0.6 is 0 Å². The van der Waals surface area contributed by atoms with E-state index in [9.17, 15) is 4.79 Å². The van der Waals surface area contributed by atoms with Crippen LogP contribution in [-0.4, -0.2) is 32.4 Å². The maximum Gasteiger partial charge on any atom is 0.274 e. The van der Waals surface area contributed by atoms with Gasteiger partial charge in [0.05, 0.1) is 12.4 Å². The van der Waals surface area contributed by atoms with Gasteiger partial charge in [0.2, 0.25) is 0 Å². The molecule has 0 atom stereocenters. The smallest absolute Gasteiger partial charge is 0.274 e. The van der Waals surface area contributed by atoms with E-state index in [1.54, 1.807) is 19.2 Å². The number of amides is 1. The Balaban J connectivity index is 2.49. The van der Waals surface area contributed by atoms with Crippen molar-refractivity contribution in [3.63, 3.8) is 0 Å². The summed E-state index contributed by atoms with van der Waals surface area (Å²) in [5.74, 6) is 0.684. The fourth-order valence-corrected chi connectivity index (χ4v) is 2.48. The Morgan fingerprint density at radius 1 is 1.25 bits per heavy atom. The van der Waals surface area contributed by atoms with Crippen LogP contribution in [0.15, 0.2) is 29.3 Å². The Hall–Kier alpha value is -1.88. The standard InChI is InChI=1S/C19H31N3O2/c1-7-12-19(3,4)13-14-24-21-18(23)16-8-10-17(11-9-16)22(6)15(2)20-5/h8-11H,7,12-14H2,1-6H3,(H,21,23). The molecule has 0 aromatic heterocycles.